The molecule has 0 aliphatic heterocycles. The van der Waals surface area contributed by atoms with Crippen LogP contribution in [0.3, 0.4) is 0 Å². The first-order valence-electron chi connectivity index (χ1n) is 6.54. The van der Waals surface area contributed by atoms with Crippen molar-refractivity contribution >= 4 is 5.78 Å². The highest BCUT2D eigenvalue weighted by molar-refractivity contribution is 5.84. The maximum absolute atomic E-state index is 13.7. The van der Waals surface area contributed by atoms with Gasteiger partial charge in [0.1, 0.15) is 12.0 Å². The maximum Gasteiger partial charge on any atom is 0.141 e. The quantitative estimate of drug-likeness (QED) is 0.789. The molecule has 3 atom stereocenters. The summed E-state index contributed by atoms with van der Waals surface area (Å²) >= 11 is 0. The second-order valence-electron chi connectivity index (χ2n) is 5.33. The molecule has 16 heavy (non-hydrogen) atoms. The van der Waals surface area contributed by atoms with Crippen LogP contribution in [0.4, 0.5) is 4.39 Å². The van der Waals surface area contributed by atoms with Crippen molar-refractivity contribution in [1.82, 2.24) is 0 Å². The minimum atomic E-state index is -1.11. The molecule has 2 nitrogen and oxygen atoms in total. The summed E-state index contributed by atoms with van der Waals surface area (Å²) in [6.07, 6.45) is 4.97. The fourth-order valence-corrected chi connectivity index (χ4v) is 3.11. The van der Waals surface area contributed by atoms with Crippen molar-refractivity contribution in [3.05, 3.63) is 0 Å². The first kappa shape index (κ1) is 12.0. The van der Waals surface area contributed by atoms with Gasteiger partial charge in [-0.3, -0.25) is 4.79 Å². The van der Waals surface area contributed by atoms with Crippen molar-refractivity contribution in [3.8, 4) is 0 Å². The van der Waals surface area contributed by atoms with E-state index in [4.69, 9.17) is 0 Å². The Hall–Kier alpha value is -0.440. The zero-order chi connectivity index (χ0) is 11.5. The van der Waals surface area contributed by atoms with Gasteiger partial charge in [0.15, 0.2) is 0 Å². The number of carbonyl (C=O) groups is 1. The standard InChI is InChI=1S/C13H21FO2/c14-12-8-10(15)6-7-11(12)13(16)9-4-2-1-3-5-9/h9-12,15H,1-8H2. The van der Waals surface area contributed by atoms with E-state index >= 15 is 0 Å². The van der Waals surface area contributed by atoms with Gasteiger partial charge >= 0.3 is 0 Å². The van der Waals surface area contributed by atoms with Crippen LogP contribution in [-0.4, -0.2) is 23.2 Å². The van der Waals surface area contributed by atoms with Gasteiger partial charge in [0.25, 0.3) is 0 Å². The number of carbonyl (C=O) groups excluding carboxylic acids is 1. The summed E-state index contributed by atoms with van der Waals surface area (Å²) in [5, 5.41) is 9.34. The number of alkyl halides is 1. The highest BCUT2D eigenvalue weighted by Crippen LogP contribution is 2.34. The molecule has 3 heteroatoms. The molecule has 92 valence electrons. The Morgan fingerprint density at radius 2 is 1.75 bits per heavy atom. The molecular weight excluding hydrogens is 207 g/mol. The van der Waals surface area contributed by atoms with Crippen LogP contribution in [0, 0.1) is 11.8 Å². The number of ketones is 1. The smallest absolute Gasteiger partial charge is 0.141 e. The molecular formula is C13H21FO2. The number of rotatable bonds is 2. The Morgan fingerprint density at radius 1 is 1.06 bits per heavy atom. The molecule has 0 radical (unpaired) electrons. The predicted molar refractivity (Wildman–Crippen MR) is 59.8 cm³/mol. The minimum absolute atomic E-state index is 0.104. The van der Waals surface area contributed by atoms with E-state index in [0.717, 1.165) is 25.7 Å². The number of halogens is 1. The average molecular weight is 228 g/mol. The van der Waals surface area contributed by atoms with Crippen LogP contribution < -0.4 is 0 Å². The molecule has 0 aromatic heterocycles. The summed E-state index contributed by atoms with van der Waals surface area (Å²) in [7, 11) is 0. The van der Waals surface area contributed by atoms with Crippen molar-refractivity contribution < 1.29 is 14.3 Å². The topological polar surface area (TPSA) is 37.3 Å². The van der Waals surface area contributed by atoms with Crippen LogP contribution in [0.5, 0.6) is 0 Å². The van der Waals surface area contributed by atoms with Crippen molar-refractivity contribution in [2.75, 3.05) is 0 Å². The fourth-order valence-electron chi connectivity index (χ4n) is 3.11. The van der Waals surface area contributed by atoms with E-state index in [1.54, 1.807) is 0 Å². The average Bonchev–Trinajstić information content (AvgIpc) is 2.29. The molecule has 1 N–H and O–H groups in total. The third kappa shape index (κ3) is 2.62. The van der Waals surface area contributed by atoms with Gasteiger partial charge in [0, 0.05) is 18.3 Å². The molecule has 0 aromatic carbocycles. The molecule has 2 aliphatic carbocycles. The van der Waals surface area contributed by atoms with E-state index in [0.29, 0.717) is 12.8 Å². The van der Waals surface area contributed by atoms with Crippen LogP contribution in [0.1, 0.15) is 51.4 Å². The minimum Gasteiger partial charge on any atom is -0.393 e. The lowest BCUT2D eigenvalue weighted by Gasteiger charge is -2.31. The van der Waals surface area contributed by atoms with Gasteiger partial charge in [-0.05, 0) is 25.7 Å². The monoisotopic (exact) mass is 228 g/mol. The van der Waals surface area contributed by atoms with Crippen LogP contribution >= 0.6 is 0 Å². The number of Topliss-reactive ketones (excluding diaryl/α,β-unsaturated/α-hetero) is 1. The lowest BCUT2D eigenvalue weighted by molar-refractivity contribution is -0.132. The van der Waals surface area contributed by atoms with Gasteiger partial charge in [-0.1, -0.05) is 19.3 Å². The summed E-state index contributed by atoms with van der Waals surface area (Å²) in [6, 6.07) is 0. The second-order valence-corrected chi connectivity index (χ2v) is 5.33. The van der Waals surface area contributed by atoms with Crippen LogP contribution in [0.15, 0.2) is 0 Å². The number of hydrogen-bond donors (Lipinski definition) is 1. The Labute approximate surface area is 96.2 Å². The van der Waals surface area contributed by atoms with Gasteiger partial charge < -0.3 is 5.11 Å². The van der Waals surface area contributed by atoms with Gasteiger partial charge in [0.05, 0.1) is 6.10 Å². The van der Waals surface area contributed by atoms with Gasteiger partial charge in [-0.2, -0.15) is 0 Å². The Morgan fingerprint density at radius 3 is 2.38 bits per heavy atom. The molecule has 0 amide bonds. The summed E-state index contributed by atoms with van der Waals surface area (Å²) in [5.41, 5.74) is 0. The molecule has 0 bridgehead atoms. The highest BCUT2D eigenvalue weighted by Gasteiger charge is 2.37. The van der Waals surface area contributed by atoms with Crippen molar-refractivity contribution in [2.24, 2.45) is 11.8 Å². The summed E-state index contributed by atoms with van der Waals surface area (Å²) in [4.78, 5) is 12.1. The fraction of sp³-hybridized carbons (Fsp3) is 0.923. The molecule has 2 rings (SSSR count). The zero-order valence-electron chi connectivity index (χ0n) is 9.70. The van der Waals surface area contributed by atoms with Gasteiger partial charge in [-0.15, -0.1) is 0 Å². The zero-order valence-corrected chi connectivity index (χ0v) is 9.70. The van der Waals surface area contributed by atoms with Gasteiger partial charge in [0.2, 0.25) is 0 Å². The van der Waals surface area contributed by atoms with E-state index < -0.39 is 18.2 Å². The molecule has 3 unspecified atom stereocenters. The lowest BCUT2D eigenvalue weighted by atomic mass is 9.75. The largest absolute Gasteiger partial charge is 0.393 e. The van der Waals surface area contributed by atoms with E-state index in [-0.39, 0.29) is 18.1 Å². The van der Waals surface area contributed by atoms with Crippen molar-refractivity contribution in [3.63, 3.8) is 0 Å². The van der Waals surface area contributed by atoms with E-state index in [2.05, 4.69) is 0 Å². The summed E-state index contributed by atoms with van der Waals surface area (Å²) < 4.78 is 13.7. The van der Waals surface area contributed by atoms with E-state index in [1.165, 1.54) is 6.42 Å². The first-order chi connectivity index (χ1) is 7.68. The third-order valence-electron chi connectivity index (χ3n) is 4.12. The van der Waals surface area contributed by atoms with Crippen LogP contribution in [0.25, 0.3) is 0 Å². The maximum atomic E-state index is 13.7. The summed E-state index contributed by atoms with van der Waals surface area (Å²) in [6.45, 7) is 0. The van der Waals surface area contributed by atoms with Crippen molar-refractivity contribution in [1.29, 1.82) is 0 Å². The van der Waals surface area contributed by atoms with E-state index in [9.17, 15) is 14.3 Å². The number of aliphatic hydroxyl groups is 1. The Balaban J connectivity index is 1.92. The summed E-state index contributed by atoms with van der Waals surface area (Å²) in [5.74, 6) is -0.183. The van der Waals surface area contributed by atoms with Gasteiger partial charge in [-0.25, -0.2) is 4.39 Å². The van der Waals surface area contributed by atoms with E-state index in [1.807, 2.05) is 0 Å². The molecule has 0 aromatic rings. The molecule has 0 heterocycles. The molecule has 2 saturated carbocycles. The Bertz CT molecular complexity index is 248. The van der Waals surface area contributed by atoms with Crippen molar-refractivity contribution in [2.45, 2.75) is 63.6 Å². The molecule has 0 spiro atoms. The van der Waals surface area contributed by atoms with Crippen LogP contribution in [-0.2, 0) is 4.79 Å². The normalized spacial score (nSPS) is 37.2. The molecule has 2 fully saturated rings. The Kier molecular flexibility index (Phi) is 3.95. The third-order valence-corrected chi connectivity index (χ3v) is 4.12. The molecule has 2 aliphatic rings. The second kappa shape index (κ2) is 5.26. The number of hydrogen-bond acceptors (Lipinski definition) is 2. The SMILES string of the molecule is O=C(C1CCCCC1)C1CCC(O)CC1F. The highest BCUT2D eigenvalue weighted by atomic mass is 19.1. The molecule has 0 saturated heterocycles. The predicted octanol–water partition coefficient (Wildman–Crippen LogP) is 2.63. The lowest BCUT2D eigenvalue weighted by Crippen LogP contribution is -2.37. The first-order valence-corrected chi connectivity index (χ1v) is 6.54. The van der Waals surface area contributed by atoms with Crippen LogP contribution in [0.2, 0.25) is 0 Å². The number of aliphatic hydroxyl groups excluding tert-OH is 1.